The fourth-order valence-electron chi connectivity index (χ4n) is 2.29. The molecule has 2 aromatic carbocycles. The van der Waals surface area contributed by atoms with Gasteiger partial charge in [0.15, 0.2) is 5.13 Å². The third-order valence-electron chi connectivity index (χ3n) is 3.41. The summed E-state index contributed by atoms with van der Waals surface area (Å²) < 4.78 is 5.40. The zero-order valence-corrected chi connectivity index (χ0v) is 14.2. The van der Waals surface area contributed by atoms with Gasteiger partial charge in [-0.2, -0.15) is 0 Å². The van der Waals surface area contributed by atoms with Crippen molar-refractivity contribution in [2.24, 2.45) is 0 Å². The lowest BCUT2D eigenvalue weighted by Crippen LogP contribution is -2.14. The van der Waals surface area contributed by atoms with Gasteiger partial charge in [-0.3, -0.25) is 4.79 Å². The smallest absolute Gasteiger partial charge is 0.230 e. The summed E-state index contributed by atoms with van der Waals surface area (Å²) in [5.74, 6) is 0.738. The van der Waals surface area contributed by atoms with Gasteiger partial charge in [-0.1, -0.05) is 53.8 Å². The van der Waals surface area contributed by atoms with E-state index in [-0.39, 0.29) is 5.91 Å². The van der Waals surface area contributed by atoms with Crippen molar-refractivity contribution in [3.63, 3.8) is 0 Å². The predicted molar refractivity (Wildman–Crippen MR) is 97.5 cm³/mol. The third-order valence-corrected chi connectivity index (χ3v) is 4.37. The van der Waals surface area contributed by atoms with Gasteiger partial charge in [-0.05, 0) is 30.2 Å². The van der Waals surface area contributed by atoms with Crippen molar-refractivity contribution in [2.75, 3.05) is 11.9 Å². The molecule has 1 aromatic heterocycles. The molecule has 0 spiro atoms. The van der Waals surface area contributed by atoms with Gasteiger partial charge in [-0.25, -0.2) is 4.98 Å². The molecule has 0 bridgehead atoms. The van der Waals surface area contributed by atoms with E-state index in [1.165, 1.54) is 11.3 Å². The summed E-state index contributed by atoms with van der Waals surface area (Å²) >= 11 is 1.47. The molecule has 0 saturated carbocycles. The first-order valence-electron chi connectivity index (χ1n) is 7.77. The number of anilines is 1. The number of carbonyl (C=O) groups is 1. The topological polar surface area (TPSA) is 51.2 Å². The second-order valence-electron chi connectivity index (χ2n) is 5.20. The van der Waals surface area contributed by atoms with Gasteiger partial charge in [0.05, 0.1) is 17.9 Å². The second-order valence-corrected chi connectivity index (χ2v) is 6.23. The van der Waals surface area contributed by atoms with Crippen LogP contribution in [0.4, 0.5) is 5.13 Å². The number of hydrogen-bond donors (Lipinski definition) is 1. The Balaban J connectivity index is 1.60. The van der Waals surface area contributed by atoms with Crippen molar-refractivity contribution in [1.82, 2.24) is 4.98 Å². The molecule has 1 N–H and O–H groups in total. The average Bonchev–Trinajstić information content (AvgIpc) is 3.06. The largest absolute Gasteiger partial charge is 0.494 e. The number of amides is 1. The molecule has 0 aliphatic carbocycles. The van der Waals surface area contributed by atoms with Crippen LogP contribution in [-0.4, -0.2) is 17.5 Å². The number of benzene rings is 2. The van der Waals surface area contributed by atoms with Crippen molar-refractivity contribution >= 4 is 22.4 Å². The minimum atomic E-state index is -0.0758. The number of ether oxygens (including phenoxy) is 1. The molecule has 0 atom stereocenters. The van der Waals surface area contributed by atoms with Crippen molar-refractivity contribution in [3.8, 4) is 16.2 Å². The van der Waals surface area contributed by atoms with Gasteiger partial charge in [0.1, 0.15) is 5.75 Å². The van der Waals surface area contributed by atoms with E-state index in [4.69, 9.17) is 4.74 Å². The normalized spacial score (nSPS) is 10.4. The Hall–Kier alpha value is -2.66. The van der Waals surface area contributed by atoms with Crippen LogP contribution >= 0.6 is 11.3 Å². The molecule has 24 heavy (non-hydrogen) atoms. The molecule has 3 rings (SSSR count). The number of nitrogens with zero attached hydrogens (tertiary/aromatic N) is 1. The molecule has 0 fully saturated rings. The van der Waals surface area contributed by atoms with Crippen LogP contribution in [-0.2, 0) is 11.2 Å². The third kappa shape index (κ3) is 4.20. The van der Waals surface area contributed by atoms with Gasteiger partial charge < -0.3 is 10.1 Å². The Morgan fingerprint density at radius 1 is 1.12 bits per heavy atom. The van der Waals surface area contributed by atoms with E-state index in [1.807, 2.05) is 61.5 Å². The Morgan fingerprint density at radius 2 is 1.88 bits per heavy atom. The van der Waals surface area contributed by atoms with Gasteiger partial charge in [-0.15, -0.1) is 0 Å². The quantitative estimate of drug-likeness (QED) is 0.725. The summed E-state index contributed by atoms with van der Waals surface area (Å²) in [4.78, 5) is 17.5. The zero-order valence-electron chi connectivity index (χ0n) is 13.4. The van der Waals surface area contributed by atoms with Crippen LogP contribution in [0.15, 0.2) is 60.8 Å². The van der Waals surface area contributed by atoms with Crippen LogP contribution < -0.4 is 10.1 Å². The van der Waals surface area contributed by atoms with Gasteiger partial charge in [0.2, 0.25) is 5.91 Å². The molecule has 1 heterocycles. The van der Waals surface area contributed by atoms with E-state index >= 15 is 0 Å². The standard InChI is InChI=1S/C19H18N2O2S/c1-2-23-16-10-8-14(9-11-16)12-18(22)21-19-20-13-17(24-19)15-6-4-3-5-7-15/h3-11,13H,2,12H2,1H3,(H,20,21,22). The van der Waals surface area contributed by atoms with Gasteiger partial charge >= 0.3 is 0 Å². The van der Waals surface area contributed by atoms with E-state index < -0.39 is 0 Å². The van der Waals surface area contributed by atoms with E-state index in [9.17, 15) is 4.79 Å². The van der Waals surface area contributed by atoms with E-state index in [0.717, 1.165) is 21.8 Å². The van der Waals surface area contributed by atoms with Crippen LogP contribution in [0, 0.1) is 0 Å². The second kappa shape index (κ2) is 7.75. The van der Waals surface area contributed by atoms with Crippen molar-refractivity contribution in [1.29, 1.82) is 0 Å². The zero-order chi connectivity index (χ0) is 16.8. The van der Waals surface area contributed by atoms with Crippen LogP contribution in [0.2, 0.25) is 0 Å². The Bertz CT molecular complexity index is 798. The molecule has 3 aromatic rings. The maximum Gasteiger partial charge on any atom is 0.230 e. The van der Waals surface area contributed by atoms with Crippen molar-refractivity contribution in [2.45, 2.75) is 13.3 Å². The molecule has 0 unspecified atom stereocenters. The van der Waals surface area contributed by atoms with Crippen molar-refractivity contribution in [3.05, 3.63) is 66.4 Å². The highest BCUT2D eigenvalue weighted by Gasteiger charge is 2.09. The fourth-order valence-corrected chi connectivity index (χ4v) is 3.12. The first-order chi connectivity index (χ1) is 11.7. The summed E-state index contributed by atoms with van der Waals surface area (Å²) in [5.41, 5.74) is 2.04. The summed E-state index contributed by atoms with van der Waals surface area (Å²) in [5, 5.41) is 3.47. The molecule has 122 valence electrons. The number of carbonyl (C=O) groups excluding carboxylic acids is 1. The van der Waals surface area contributed by atoms with Crippen LogP contribution in [0.3, 0.4) is 0 Å². The molecule has 0 aliphatic heterocycles. The Kier molecular flexibility index (Phi) is 5.23. The molecular weight excluding hydrogens is 320 g/mol. The Morgan fingerprint density at radius 3 is 2.58 bits per heavy atom. The maximum atomic E-state index is 12.2. The minimum absolute atomic E-state index is 0.0758. The van der Waals surface area contributed by atoms with E-state index in [2.05, 4.69) is 10.3 Å². The van der Waals surface area contributed by atoms with Crippen molar-refractivity contribution < 1.29 is 9.53 Å². The highest BCUT2D eigenvalue weighted by molar-refractivity contribution is 7.19. The van der Waals surface area contributed by atoms with Gasteiger partial charge in [0, 0.05) is 6.20 Å². The Labute approximate surface area is 145 Å². The predicted octanol–water partition coefficient (Wildman–Crippen LogP) is 4.39. The first kappa shape index (κ1) is 16.2. The monoisotopic (exact) mass is 338 g/mol. The number of rotatable bonds is 6. The van der Waals surface area contributed by atoms with Crippen LogP contribution in [0.1, 0.15) is 12.5 Å². The number of hydrogen-bond acceptors (Lipinski definition) is 4. The maximum absolute atomic E-state index is 12.2. The number of aromatic nitrogens is 1. The molecule has 4 nitrogen and oxygen atoms in total. The summed E-state index contributed by atoms with van der Waals surface area (Å²) in [7, 11) is 0. The van der Waals surface area contributed by atoms with Crippen LogP contribution in [0.25, 0.3) is 10.4 Å². The molecule has 5 heteroatoms. The van der Waals surface area contributed by atoms with Gasteiger partial charge in [0.25, 0.3) is 0 Å². The molecule has 0 radical (unpaired) electrons. The number of thiazole rings is 1. The van der Waals surface area contributed by atoms with E-state index in [0.29, 0.717) is 18.2 Å². The SMILES string of the molecule is CCOc1ccc(CC(=O)Nc2ncc(-c3ccccc3)s2)cc1. The lowest BCUT2D eigenvalue weighted by Gasteiger charge is -2.05. The number of nitrogens with one attached hydrogen (secondary N) is 1. The fraction of sp³-hybridized carbons (Fsp3) is 0.158. The summed E-state index contributed by atoms with van der Waals surface area (Å²) in [6, 6.07) is 17.6. The average molecular weight is 338 g/mol. The molecule has 0 aliphatic rings. The lowest BCUT2D eigenvalue weighted by atomic mass is 10.1. The molecule has 1 amide bonds. The van der Waals surface area contributed by atoms with E-state index in [1.54, 1.807) is 6.20 Å². The molecule has 0 saturated heterocycles. The lowest BCUT2D eigenvalue weighted by molar-refractivity contribution is -0.115. The minimum Gasteiger partial charge on any atom is -0.494 e. The highest BCUT2D eigenvalue weighted by Crippen LogP contribution is 2.28. The summed E-state index contributed by atoms with van der Waals surface area (Å²) in [6.07, 6.45) is 2.10. The highest BCUT2D eigenvalue weighted by atomic mass is 32.1. The van der Waals surface area contributed by atoms with Crippen LogP contribution in [0.5, 0.6) is 5.75 Å². The molecular formula is C19H18N2O2S. The summed E-state index contributed by atoms with van der Waals surface area (Å²) in [6.45, 7) is 2.58. The first-order valence-corrected chi connectivity index (χ1v) is 8.59.